The van der Waals surface area contributed by atoms with E-state index in [9.17, 15) is 4.79 Å². The molecule has 1 aromatic heterocycles. The topological polar surface area (TPSA) is 60.2 Å². The van der Waals surface area contributed by atoms with Crippen LogP contribution in [0.1, 0.15) is 50.8 Å². The fourth-order valence-electron chi connectivity index (χ4n) is 4.81. The molecule has 2 fully saturated rings. The number of hydrogen-bond acceptors (Lipinski definition) is 4. The second kappa shape index (κ2) is 7.71. The Morgan fingerprint density at radius 1 is 1.22 bits per heavy atom. The molecule has 0 N–H and O–H groups in total. The molecule has 144 valence electrons. The summed E-state index contributed by atoms with van der Waals surface area (Å²) in [6, 6.07) is 9.54. The lowest BCUT2D eigenvalue weighted by molar-refractivity contribution is -0.132. The number of likely N-dealkylation sites (tertiary alicyclic amines) is 1. The van der Waals surface area contributed by atoms with Crippen LogP contribution in [0.3, 0.4) is 0 Å². The average molecular weight is 368 g/mol. The number of amides is 1. The summed E-state index contributed by atoms with van der Waals surface area (Å²) in [6.07, 6.45) is 7.91. The van der Waals surface area contributed by atoms with Gasteiger partial charge in [0.2, 0.25) is 0 Å². The summed E-state index contributed by atoms with van der Waals surface area (Å²) in [4.78, 5) is 14.9. The van der Waals surface area contributed by atoms with E-state index in [0.29, 0.717) is 0 Å². The fraction of sp³-hybridized carbons (Fsp3) is 0.571. The number of hydrogen-bond donors (Lipinski definition) is 0. The first kappa shape index (κ1) is 18.0. The van der Waals surface area contributed by atoms with E-state index >= 15 is 0 Å². The van der Waals surface area contributed by atoms with Gasteiger partial charge in [-0.3, -0.25) is 4.79 Å². The molecule has 2 heterocycles. The third-order valence-electron chi connectivity index (χ3n) is 6.25. The first-order chi connectivity index (χ1) is 13.2. The summed E-state index contributed by atoms with van der Waals surface area (Å²) in [6.45, 7) is 4.60. The van der Waals surface area contributed by atoms with Crippen LogP contribution in [0.15, 0.2) is 36.7 Å². The van der Waals surface area contributed by atoms with Crippen molar-refractivity contribution in [3.63, 3.8) is 0 Å². The van der Waals surface area contributed by atoms with E-state index in [-0.39, 0.29) is 23.8 Å². The van der Waals surface area contributed by atoms with E-state index in [1.165, 1.54) is 19.3 Å². The third kappa shape index (κ3) is 3.57. The van der Waals surface area contributed by atoms with Crippen LogP contribution >= 0.6 is 0 Å². The van der Waals surface area contributed by atoms with Crippen LogP contribution in [0.25, 0.3) is 0 Å². The zero-order valence-corrected chi connectivity index (χ0v) is 16.0. The number of carbonyl (C=O) groups excluding carboxylic acids is 1. The van der Waals surface area contributed by atoms with Crippen molar-refractivity contribution in [1.82, 2.24) is 19.7 Å². The number of rotatable bonds is 5. The standard InChI is InChI=1S/C21H28N4O2/c1-2-24-16-22-23-20(24)18-13-25(15-21(18)11-7-4-8-12-21)19(26)14-27-17-9-5-3-6-10-17/h3,5-6,9-10,16,18H,2,4,7-8,11-15H2,1H3. The number of para-hydroxylation sites is 1. The van der Waals surface area contributed by atoms with Crippen molar-refractivity contribution >= 4 is 5.91 Å². The summed E-state index contributed by atoms with van der Waals surface area (Å²) in [5.41, 5.74) is 0.139. The molecule has 1 unspecified atom stereocenters. The van der Waals surface area contributed by atoms with Gasteiger partial charge < -0.3 is 14.2 Å². The molecule has 1 amide bonds. The van der Waals surface area contributed by atoms with Crippen LogP contribution in [0.4, 0.5) is 0 Å². The Morgan fingerprint density at radius 2 is 2.00 bits per heavy atom. The van der Waals surface area contributed by atoms with Crippen LogP contribution in [-0.4, -0.2) is 45.3 Å². The quantitative estimate of drug-likeness (QED) is 0.813. The lowest BCUT2D eigenvalue weighted by Crippen LogP contribution is -2.36. The predicted octanol–water partition coefficient (Wildman–Crippen LogP) is 3.25. The van der Waals surface area contributed by atoms with Crippen LogP contribution in [0, 0.1) is 5.41 Å². The van der Waals surface area contributed by atoms with Gasteiger partial charge in [-0.15, -0.1) is 10.2 Å². The van der Waals surface area contributed by atoms with Crippen LogP contribution < -0.4 is 4.74 Å². The molecule has 1 aliphatic carbocycles. The molecule has 4 rings (SSSR count). The van der Waals surface area contributed by atoms with Crippen molar-refractivity contribution in [3.05, 3.63) is 42.5 Å². The highest BCUT2D eigenvalue weighted by atomic mass is 16.5. The summed E-state index contributed by atoms with van der Waals surface area (Å²) in [5.74, 6) is 2.10. The number of benzene rings is 1. The molecular formula is C21H28N4O2. The normalized spacial score (nSPS) is 21.5. The van der Waals surface area contributed by atoms with Crippen LogP contribution in [0.5, 0.6) is 5.75 Å². The maximum absolute atomic E-state index is 12.9. The Balaban J connectivity index is 1.51. The van der Waals surface area contributed by atoms with Crippen LogP contribution in [-0.2, 0) is 11.3 Å². The molecule has 27 heavy (non-hydrogen) atoms. The van der Waals surface area contributed by atoms with Crippen molar-refractivity contribution in [1.29, 1.82) is 0 Å². The van der Waals surface area contributed by atoms with Gasteiger partial charge in [-0.25, -0.2) is 0 Å². The van der Waals surface area contributed by atoms with E-state index in [1.54, 1.807) is 0 Å². The van der Waals surface area contributed by atoms with Crippen molar-refractivity contribution in [2.45, 2.75) is 51.5 Å². The molecule has 6 nitrogen and oxygen atoms in total. The third-order valence-corrected chi connectivity index (χ3v) is 6.25. The highest BCUT2D eigenvalue weighted by Gasteiger charge is 2.50. The van der Waals surface area contributed by atoms with Gasteiger partial charge in [0.05, 0.1) is 0 Å². The molecule has 1 saturated carbocycles. The molecule has 1 atom stereocenters. The monoisotopic (exact) mass is 368 g/mol. The van der Waals surface area contributed by atoms with Gasteiger partial charge in [-0.2, -0.15) is 0 Å². The van der Waals surface area contributed by atoms with Gasteiger partial charge in [-0.05, 0) is 37.3 Å². The van der Waals surface area contributed by atoms with Gasteiger partial charge in [0.1, 0.15) is 17.9 Å². The van der Waals surface area contributed by atoms with Crippen molar-refractivity contribution in [3.8, 4) is 5.75 Å². The number of aromatic nitrogens is 3. The lowest BCUT2D eigenvalue weighted by atomic mass is 9.67. The Hall–Kier alpha value is -2.37. The minimum atomic E-state index is 0.0638. The molecule has 1 spiro atoms. The van der Waals surface area contributed by atoms with Gasteiger partial charge in [0.25, 0.3) is 5.91 Å². The van der Waals surface area contributed by atoms with Crippen LogP contribution in [0.2, 0.25) is 0 Å². The van der Waals surface area contributed by atoms with Crippen molar-refractivity contribution in [2.75, 3.05) is 19.7 Å². The smallest absolute Gasteiger partial charge is 0.260 e. The Kier molecular flexibility index (Phi) is 5.14. The van der Waals surface area contributed by atoms with E-state index in [0.717, 1.165) is 44.0 Å². The van der Waals surface area contributed by atoms with Crippen molar-refractivity contribution in [2.24, 2.45) is 5.41 Å². The van der Waals surface area contributed by atoms with E-state index < -0.39 is 0 Å². The molecule has 6 heteroatoms. The molecule has 1 saturated heterocycles. The van der Waals surface area contributed by atoms with Crippen molar-refractivity contribution < 1.29 is 9.53 Å². The summed E-state index contributed by atoms with van der Waals surface area (Å²) in [7, 11) is 0. The maximum atomic E-state index is 12.9. The van der Waals surface area contributed by atoms with Gasteiger partial charge in [-0.1, -0.05) is 37.5 Å². The highest BCUT2D eigenvalue weighted by Crippen LogP contribution is 2.51. The fourth-order valence-corrected chi connectivity index (χ4v) is 4.81. The minimum absolute atomic E-state index is 0.0638. The number of nitrogens with zero attached hydrogens (tertiary/aromatic N) is 4. The summed E-state index contributed by atoms with van der Waals surface area (Å²) in [5, 5.41) is 8.60. The van der Waals surface area contributed by atoms with Gasteiger partial charge in [0, 0.05) is 25.6 Å². The molecular weight excluding hydrogens is 340 g/mol. The molecule has 2 aromatic rings. The molecule has 1 aromatic carbocycles. The molecule has 2 aliphatic rings. The number of ether oxygens (including phenoxy) is 1. The number of aryl methyl sites for hydroxylation is 1. The molecule has 0 radical (unpaired) electrons. The first-order valence-electron chi connectivity index (χ1n) is 10.1. The zero-order chi connectivity index (χ0) is 18.7. The maximum Gasteiger partial charge on any atom is 0.260 e. The highest BCUT2D eigenvalue weighted by molar-refractivity contribution is 5.78. The molecule has 0 bridgehead atoms. The Morgan fingerprint density at radius 3 is 2.74 bits per heavy atom. The minimum Gasteiger partial charge on any atom is -0.484 e. The zero-order valence-electron chi connectivity index (χ0n) is 16.0. The van der Waals surface area contributed by atoms with E-state index in [1.807, 2.05) is 41.6 Å². The summed E-state index contributed by atoms with van der Waals surface area (Å²) < 4.78 is 7.84. The van der Waals surface area contributed by atoms with Gasteiger partial charge in [0.15, 0.2) is 6.61 Å². The number of carbonyl (C=O) groups is 1. The van der Waals surface area contributed by atoms with E-state index in [4.69, 9.17) is 4.74 Å². The second-order valence-corrected chi connectivity index (χ2v) is 7.83. The predicted molar refractivity (Wildman–Crippen MR) is 102 cm³/mol. The Labute approximate surface area is 160 Å². The first-order valence-corrected chi connectivity index (χ1v) is 10.1. The lowest BCUT2D eigenvalue weighted by Gasteiger charge is -2.37. The van der Waals surface area contributed by atoms with E-state index in [2.05, 4.69) is 21.7 Å². The Bertz CT molecular complexity index is 767. The SMILES string of the molecule is CCn1cnnc1C1CN(C(=O)COc2ccccc2)CC12CCCCC2. The largest absolute Gasteiger partial charge is 0.484 e. The molecule has 1 aliphatic heterocycles. The average Bonchev–Trinajstić information content (AvgIpc) is 3.32. The second-order valence-electron chi connectivity index (χ2n) is 7.83. The summed E-state index contributed by atoms with van der Waals surface area (Å²) >= 11 is 0. The van der Waals surface area contributed by atoms with Gasteiger partial charge >= 0.3 is 0 Å².